The number of carbonyl (C=O) groups excluding carboxylic acids is 1. The molecule has 5 nitrogen and oxygen atoms in total. The summed E-state index contributed by atoms with van der Waals surface area (Å²) in [5.41, 5.74) is 0.704. The van der Waals surface area contributed by atoms with Crippen LogP contribution < -0.4 is 10.6 Å². The van der Waals surface area contributed by atoms with E-state index in [1.807, 2.05) is 0 Å². The number of rotatable bonds is 4. The van der Waals surface area contributed by atoms with Gasteiger partial charge in [-0.15, -0.1) is 0 Å². The molecule has 2 aromatic rings. The molecule has 3 rings (SSSR count). The predicted octanol–water partition coefficient (Wildman–Crippen LogP) is 3.61. The predicted molar refractivity (Wildman–Crippen MR) is 83.1 cm³/mol. The van der Waals surface area contributed by atoms with Crippen molar-refractivity contribution in [2.45, 2.75) is 18.9 Å². The number of hydrogen-bond acceptors (Lipinski definition) is 4. The van der Waals surface area contributed by atoms with Gasteiger partial charge in [0.1, 0.15) is 11.5 Å². The van der Waals surface area contributed by atoms with Crippen LogP contribution in [0.5, 0.6) is 0 Å². The second-order valence-corrected chi connectivity index (χ2v) is 5.63. The van der Waals surface area contributed by atoms with E-state index in [4.69, 9.17) is 23.2 Å². The second kappa shape index (κ2) is 5.87. The number of benzene rings is 1. The molecule has 1 aliphatic carbocycles. The van der Waals surface area contributed by atoms with Gasteiger partial charge in [0, 0.05) is 11.1 Å². The van der Waals surface area contributed by atoms with Crippen LogP contribution >= 0.6 is 23.2 Å². The Morgan fingerprint density at radius 2 is 2.00 bits per heavy atom. The van der Waals surface area contributed by atoms with E-state index in [-0.39, 0.29) is 11.6 Å². The van der Waals surface area contributed by atoms with E-state index in [1.165, 1.54) is 6.20 Å². The van der Waals surface area contributed by atoms with E-state index in [0.717, 1.165) is 12.8 Å². The second-order valence-electron chi connectivity index (χ2n) is 4.78. The number of anilines is 2. The summed E-state index contributed by atoms with van der Waals surface area (Å²) in [6.07, 6.45) is 5.29. The maximum Gasteiger partial charge on any atom is 0.275 e. The highest BCUT2D eigenvalue weighted by Crippen LogP contribution is 2.26. The maximum atomic E-state index is 12.1. The molecule has 0 unspecified atom stereocenters. The number of nitrogens with zero attached hydrogens (tertiary/aromatic N) is 2. The summed E-state index contributed by atoms with van der Waals surface area (Å²) < 4.78 is 0. The van der Waals surface area contributed by atoms with Gasteiger partial charge in [-0.25, -0.2) is 9.97 Å². The molecule has 0 aliphatic heterocycles. The summed E-state index contributed by atoms with van der Waals surface area (Å²) >= 11 is 11.8. The van der Waals surface area contributed by atoms with Crippen molar-refractivity contribution in [1.29, 1.82) is 0 Å². The lowest BCUT2D eigenvalue weighted by atomic mass is 10.3. The van der Waals surface area contributed by atoms with Gasteiger partial charge in [-0.1, -0.05) is 23.2 Å². The zero-order valence-corrected chi connectivity index (χ0v) is 12.4. The number of nitrogens with one attached hydrogen (secondary N) is 2. The third kappa shape index (κ3) is 3.62. The third-order valence-electron chi connectivity index (χ3n) is 2.99. The van der Waals surface area contributed by atoms with Crippen molar-refractivity contribution in [1.82, 2.24) is 9.97 Å². The lowest BCUT2D eigenvalue weighted by Crippen LogP contribution is -2.15. The Balaban J connectivity index is 1.69. The molecule has 108 valence electrons. The van der Waals surface area contributed by atoms with Crippen LogP contribution in [-0.4, -0.2) is 21.9 Å². The largest absolute Gasteiger partial charge is 0.366 e. The van der Waals surface area contributed by atoms with Crippen molar-refractivity contribution in [3.05, 3.63) is 46.3 Å². The molecule has 1 aromatic heterocycles. The van der Waals surface area contributed by atoms with E-state index in [9.17, 15) is 4.79 Å². The molecule has 21 heavy (non-hydrogen) atoms. The molecular formula is C14H12Cl2N4O. The fourth-order valence-corrected chi connectivity index (χ4v) is 2.19. The Hall–Kier alpha value is -1.85. The highest BCUT2D eigenvalue weighted by atomic mass is 35.5. The van der Waals surface area contributed by atoms with Crippen molar-refractivity contribution >= 4 is 40.6 Å². The molecule has 1 saturated carbocycles. The first kappa shape index (κ1) is 14.1. The lowest BCUT2D eigenvalue weighted by molar-refractivity contribution is 0.102. The lowest BCUT2D eigenvalue weighted by Gasteiger charge is -2.07. The molecule has 7 heteroatoms. The Labute approximate surface area is 131 Å². The first-order chi connectivity index (χ1) is 10.1. The van der Waals surface area contributed by atoms with Crippen LogP contribution in [0, 0.1) is 0 Å². The van der Waals surface area contributed by atoms with Crippen LogP contribution in [0.4, 0.5) is 11.5 Å². The van der Waals surface area contributed by atoms with Crippen molar-refractivity contribution in [3.8, 4) is 0 Å². The minimum atomic E-state index is -0.371. The van der Waals surface area contributed by atoms with Crippen LogP contribution in [0.25, 0.3) is 0 Å². The third-order valence-corrected chi connectivity index (χ3v) is 3.54. The fraction of sp³-hybridized carbons (Fsp3) is 0.214. The Morgan fingerprint density at radius 1 is 1.19 bits per heavy atom. The van der Waals surface area contributed by atoms with Crippen LogP contribution in [0.3, 0.4) is 0 Å². The first-order valence-corrected chi connectivity index (χ1v) is 7.22. The zero-order chi connectivity index (χ0) is 14.8. The van der Waals surface area contributed by atoms with Crippen LogP contribution in [0.1, 0.15) is 23.3 Å². The monoisotopic (exact) mass is 322 g/mol. The highest BCUT2D eigenvalue weighted by Gasteiger charge is 2.21. The fourth-order valence-electron chi connectivity index (χ4n) is 1.73. The molecule has 2 N–H and O–H groups in total. The molecule has 1 heterocycles. The average Bonchev–Trinajstić information content (AvgIpc) is 3.26. The van der Waals surface area contributed by atoms with E-state index < -0.39 is 0 Å². The van der Waals surface area contributed by atoms with Gasteiger partial charge in [-0.3, -0.25) is 4.79 Å². The Morgan fingerprint density at radius 3 is 2.62 bits per heavy atom. The van der Waals surface area contributed by atoms with Crippen molar-refractivity contribution in [3.63, 3.8) is 0 Å². The van der Waals surface area contributed by atoms with Gasteiger partial charge in [0.05, 0.1) is 23.1 Å². The number of hydrogen-bond donors (Lipinski definition) is 2. The molecule has 0 bridgehead atoms. The molecule has 0 saturated heterocycles. The van der Waals surface area contributed by atoms with Crippen LogP contribution in [-0.2, 0) is 0 Å². The molecule has 1 aliphatic rings. The van der Waals surface area contributed by atoms with E-state index in [2.05, 4.69) is 20.6 Å². The SMILES string of the molecule is O=C(Nc1ccc(Cl)cc1Cl)c1cnc(NC2CC2)cn1. The van der Waals surface area contributed by atoms with E-state index in [1.54, 1.807) is 24.4 Å². The molecule has 0 atom stereocenters. The van der Waals surface area contributed by atoms with Gasteiger partial charge in [-0.2, -0.15) is 0 Å². The van der Waals surface area contributed by atoms with Gasteiger partial charge in [0.15, 0.2) is 0 Å². The zero-order valence-electron chi connectivity index (χ0n) is 10.9. The molecule has 1 fully saturated rings. The van der Waals surface area contributed by atoms with Crippen molar-refractivity contribution in [2.24, 2.45) is 0 Å². The summed E-state index contributed by atoms with van der Waals surface area (Å²) in [7, 11) is 0. The molecule has 1 amide bonds. The summed E-state index contributed by atoms with van der Waals surface area (Å²) in [6.45, 7) is 0. The van der Waals surface area contributed by atoms with Crippen LogP contribution in [0.15, 0.2) is 30.6 Å². The van der Waals surface area contributed by atoms with Gasteiger partial charge < -0.3 is 10.6 Å². The average molecular weight is 323 g/mol. The maximum absolute atomic E-state index is 12.1. The van der Waals surface area contributed by atoms with E-state index in [0.29, 0.717) is 27.6 Å². The number of amides is 1. The minimum Gasteiger partial charge on any atom is -0.366 e. The van der Waals surface area contributed by atoms with Crippen molar-refractivity contribution < 1.29 is 4.79 Å². The van der Waals surface area contributed by atoms with Gasteiger partial charge in [0.2, 0.25) is 0 Å². The summed E-state index contributed by atoms with van der Waals surface area (Å²) in [6, 6.07) is 5.34. The Kier molecular flexibility index (Phi) is 3.94. The summed E-state index contributed by atoms with van der Waals surface area (Å²) in [4.78, 5) is 20.3. The van der Waals surface area contributed by atoms with Gasteiger partial charge >= 0.3 is 0 Å². The summed E-state index contributed by atoms with van der Waals surface area (Å²) in [5.74, 6) is 0.309. The van der Waals surface area contributed by atoms with Gasteiger partial charge in [-0.05, 0) is 31.0 Å². The van der Waals surface area contributed by atoms with E-state index >= 15 is 0 Å². The smallest absolute Gasteiger partial charge is 0.275 e. The quantitative estimate of drug-likeness (QED) is 0.902. The Bertz CT molecular complexity index is 671. The molecular weight excluding hydrogens is 311 g/mol. The first-order valence-electron chi connectivity index (χ1n) is 6.47. The number of aromatic nitrogens is 2. The topological polar surface area (TPSA) is 66.9 Å². The number of halogens is 2. The standard InChI is InChI=1S/C14H12Cl2N4O/c15-8-1-4-11(10(16)5-8)20-14(21)12-6-18-13(7-17-12)19-9-2-3-9/h1,4-7,9H,2-3H2,(H,18,19)(H,20,21). The number of carbonyl (C=O) groups is 1. The minimum absolute atomic E-state index is 0.224. The molecule has 0 radical (unpaired) electrons. The molecule has 1 aromatic carbocycles. The van der Waals surface area contributed by atoms with Crippen molar-refractivity contribution in [2.75, 3.05) is 10.6 Å². The van der Waals surface area contributed by atoms with Crippen LogP contribution in [0.2, 0.25) is 10.0 Å². The normalized spacial score (nSPS) is 13.8. The van der Waals surface area contributed by atoms with Gasteiger partial charge in [0.25, 0.3) is 5.91 Å². The molecule has 0 spiro atoms. The summed E-state index contributed by atoms with van der Waals surface area (Å²) in [5, 5.41) is 6.76. The highest BCUT2D eigenvalue weighted by molar-refractivity contribution is 6.36.